The highest BCUT2D eigenvalue weighted by Gasteiger charge is 2.36. The molecule has 1 unspecified atom stereocenters. The van der Waals surface area contributed by atoms with Crippen LogP contribution in [0.1, 0.15) is 39.5 Å². The van der Waals surface area contributed by atoms with Gasteiger partial charge in [0.25, 0.3) is 0 Å². The molecule has 126 valence electrons. The van der Waals surface area contributed by atoms with E-state index in [4.69, 9.17) is 11.5 Å². The molecule has 6 heteroatoms. The number of primary amides is 1. The molecule has 2 fully saturated rings. The van der Waals surface area contributed by atoms with Gasteiger partial charge in [-0.15, -0.1) is 0 Å². The van der Waals surface area contributed by atoms with Crippen molar-refractivity contribution in [2.24, 2.45) is 23.3 Å². The summed E-state index contributed by atoms with van der Waals surface area (Å²) in [5.74, 6) is 0.233. The second-order valence-electron chi connectivity index (χ2n) is 7.06. The largest absolute Gasteiger partial charge is 0.369 e. The SMILES string of the molecule is CC(C)C(C(=O)N1CCC(N)CC1)N1CCC(C(N)=O)CC1. The quantitative estimate of drug-likeness (QED) is 0.773. The molecule has 6 nitrogen and oxygen atoms in total. The normalized spacial score (nSPS) is 23.7. The van der Waals surface area contributed by atoms with Crippen molar-refractivity contribution in [2.45, 2.75) is 51.6 Å². The van der Waals surface area contributed by atoms with E-state index in [2.05, 4.69) is 18.7 Å². The molecule has 0 radical (unpaired) electrons. The van der Waals surface area contributed by atoms with Gasteiger partial charge in [0, 0.05) is 25.0 Å². The Morgan fingerprint density at radius 3 is 2.00 bits per heavy atom. The van der Waals surface area contributed by atoms with Gasteiger partial charge in [-0.05, 0) is 44.7 Å². The molecule has 2 amide bonds. The molecular formula is C16H30N4O2. The maximum atomic E-state index is 12.9. The number of nitrogens with two attached hydrogens (primary N) is 2. The van der Waals surface area contributed by atoms with Crippen LogP contribution in [-0.2, 0) is 9.59 Å². The molecule has 0 aromatic carbocycles. The molecule has 2 heterocycles. The van der Waals surface area contributed by atoms with Gasteiger partial charge < -0.3 is 16.4 Å². The van der Waals surface area contributed by atoms with Gasteiger partial charge in [-0.3, -0.25) is 14.5 Å². The maximum absolute atomic E-state index is 12.9. The molecule has 0 aromatic heterocycles. The lowest BCUT2D eigenvalue weighted by molar-refractivity contribution is -0.140. The summed E-state index contributed by atoms with van der Waals surface area (Å²) >= 11 is 0. The van der Waals surface area contributed by atoms with Crippen molar-refractivity contribution in [3.63, 3.8) is 0 Å². The summed E-state index contributed by atoms with van der Waals surface area (Å²) < 4.78 is 0. The second-order valence-corrected chi connectivity index (χ2v) is 7.06. The molecule has 1 atom stereocenters. The average Bonchev–Trinajstić information content (AvgIpc) is 2.48. The zero-order chi connectivity index (χ0) is 16.3. The molecule has 4 N–H and O–H groups in total. The van der Waals surface area contributed by atoms with E-state index in [1.807, 2.05) is 4.90 Å². The molecule has 2 rings (SSSR count). The number of hydrogen-bond donors (Lipinski definition) is 2. The van der Waals surface area contributed by atoms with Crippen molar-refractivity contribution < 1.29 is 9.59 Å². The molecule has 2 saturated heterocycles. The summed E-state index contributed by atoms with van der Waals surface area (Å²) in [6.07, 6.45) is 3.30. The van der Waals surface area contributed by atoms with Crippen LogP contribution in [0.25, 0.3) is 0 Å². The lowest BCUT2D eigenvalue weighted by Crippen LogP contribution is -2.56. The zero-order valence-corrected chi connectivity index (χ0v) is 13.8. The van der Waals surface area contributed by atoms with E-state index >= 15 is 0 Å². The second kappa shape index (κ2) is 7.42. The lowest BCUT2D eigenvalue weighted by Gasteiger charge is -2.41. The van der Waals surface area contributed by atoms with Crippen molar-refractivity contribution >= 4 is 11.8 Å². The molecule has 0 aliphatic carbocycles. The predicted molar refractivity (Wildman–Crippen MR) is 85.9 cm³/mol. The van der Waals surface area contributed by atoms with E-state index in [-0.39, 0.29) is 35.7 Å². The van der Waals surface area contributed by atoms with Gasteiger partial charge in [0.1, 0.15) is 0 Å². The molecule has 2 aliphatic rings. The summed E-state index contributed by atoms with van der Waals surface area (Å²) in [5, 5.41) is 0. The Balaban J connectivity index is 1.98. The van der Waals surface area contributed by atoms with Crippen LogP contribution < -0.4 is 11.5 Å². The van der Waals surface area contributed by atoms with Crippen LogP contribution in [0.4, 0.5) is 0 Å². The van der Waals surface area contributed by atoms with Crippen LogP contribution in [0.3, 0.4) is 0 Å². The lowest BCUT2D eigenvalue weighted by atomic mass is 9.92. The van der Waals surface area contributed by atoms with Gasteiger partial charge in [-0.1, -0.05) is 13.8 Å². The summed E-state index contributed by atoms with van der Waals surface area (Å²) in [6.45, 7) is 7.27. The van der Waals surface area contributed by atoms with Gasteiger partial charge in [0.15, 0.2) is 0 Å². The smallest absolute Gasteiger partial charge is 0.240 e. The van der Waals surface area contributed by atoms with Crippen LogP contribution in [0.5, 0.6) is 0 Å². The molecule has 0 bridgehead atoms. The van der Waals surface area contributed by atoms with Crippen molar-refractivity contribution in [3.8, 4) is 0 Å². The maximum Gasteiger partial charge on any atom is 0.240 e. The minimum Gasteiger partial charge on any atom is -0.369 e. The van der Waals surface area contributed by atoms with Gasteiger partial charge in [0.05, 0.1) is 6.04 Å². The van der Waals surface area contributed by atoms with E-state index in [1.54, 1.807) is 0 Å². The van der Waals surface area contributed by atoms with Gasteiger partial charge in [-0.25, -0.2) is 0 Å². The summed E-state index contributed by atoms with van der Waals surface area (Å²) in [4.78, 5) is 28.4. The Labute approximate surface area is 133 Å². The number of amides is 2. The average molecular weight is 310 g/mol. The highest BCUT2D eigenvalue weighted by Crippen LogP contribution is 2.24. The molecule has 22 heavy (non-hydrogen) atoms. The minimum atomic E-state index is -0.211. The third-order valence-electron chi connectivity index (χ3n) is 5.06. The molecule has 0 spiro atoms. The molecule has 0 saturated carbocycles. The Hall–Kier alpha value is -1.14. The van der Waals surface area contributed by atoms with Crippen LogP contribution in [-0.4, -0.2) is 59.9 Å². The van der Waals surface area contributed by atoms with Crippen molar-refractivity contribution in [1.29, 1.82) is 0 Å². The fourth-order valence-electron chi connectivity index (χ4n) is 3.63. The van der Waals surface area contributed by atoms with Crippen LogP contribution in [0.2, 0.25) is 0 Å². The Morgan fingerprint density at radius 1 is 1.00 bits per heavy atom. The van der Waals surface area contributed by atoms with Gasteiger partial charge in [-0.2, -0.15) is 0 Å². The fourth-order valence-corrected chi connectivity index (χ4v) is 3.63. The minimum absolute atomic E-state index is 0.0350. The van der Waals surface area contributed by atoms with E-state index < -0.39 is 0 Å². The third-order valence-corrected chi connectivity index (χ3v) is 5.06. The van der Waals surface area contributed by atoms with Crippen molar-refractivity contribution in [2.75, 3.05) is 26.2 Å². The number of carbonyl (C=O) groups excluding carboxylic acids is 2. The summed E-state index contributed by atoms with van der Waals surface area (Å²) in [5.41, 5.74) is 11.3. The van der Waals surface area contributed by atoms with Gasteiger partial charge in [0.2, 0.25) is 11.8 Å². The summed E-state index contributed by atoms with van der Waals surface area (Å²) in [7, 11) is 0. The monoisotopic (exact) mass is 310 g/mol. The number of nitrogens with zero attached hydrogens (tertiary/aromatic N) is 2. The Bertz CT molecular complexity index is 397. The fraction of sp³-hybridized carbons (Fsp3) is 0.875. The topological polar surface area (TPSA) is 92.7 Å². The first-order valence-electron chi connectivity index (χ1n) is 8.48. The number of likely N-dealkylation sites (tertiary alicyclic amines) is 2. The standard InChI is InChI=1S/C16H30N4O2/c1-11(2)14(16(22)20-9-5-13(17)6-10-20)19-7-3-12(4-8-19)15(18)21/h11-14H,3-10,17H2,1-2H3,(H2,18,21). The van der Waals surface area contributed by atoms with E-state index in [0.717, 1.165) is 51.9 Å². The zero-order valence-electron chi connectivity index (χ0n) is 13.8. The van der Waals surface area contributed by atoms with E-state index in [9.17, 15) is 9.59 Å². The van der Waals surface area contributed by atoms with Gasteiger partial charge >= 0.3 is 0 Å². The molecular weight excluding hydrogens is 280 g/mol. The Kier molecular flexibility index (Phi) is 5.81. The number of piperidine rings is 2. The van der Waals surface area contributed by atoms with Crippen LogP contribution in [0.15, 0.2) is 0 Å². The van der Waals surface area contributed by atoms with Crippen molar-refractivity contribution in [3.05, 3.63) is 0 Å². The number of rotatable bonds is 4. The van der Waals surface area contributed by atoms with E-state index in [0.29, 0.717) is 0 Å². The molecule has 0 aromatic rings. The Morgan fingerprint density at radius 2 is 1.55 bits per heavy atom. The number of carbonyl (C=O) groups is 2. The first-order valence-corrected chi connectivity index (χ1v) is 8.48. The number of hydrogen-bond acceptors (Lipinski definition) is 4. The van der Waals surface area contributed by atoms with Crippen molar-refractivity contribution in [1.82, 2.24) is 9.80 Å². The highest BCUT2D eigenvalue weighted by atomic mass is 16.2. The van der Waals surface area contributed by atoms with E-state index in [1.165, 1.54) is 0 Å². The first-order chi connectivity index (χ1) is 10.4. The first kappa shape index (κ1) is 17.2. The highest BCUT2D eigenvalue weighted by molar-refractivity contribution is 5.82. The summed E-state index contributed by atoms with van der Waals surface area (Å²) in [6, 6.07) is 0.135. The third kappa shape index (κ3) is 3.98. The molecule has 2 aliphatic heterocycles. The predicted octanol–water partition coefficient (Wildman–Crippen LogP) is 0.158. The van der Waals surface area contributed by atoms with Crippen LogP contribution >= 0.6 is 0 Å². The van der Waals surface area contributed by atoms with Crippen LogP contribution in [0, 0.1) is 11.8 Å².